The zero-order valence-electron chi connectivity index (χ0n) is 19.8. The molecule has 13 heteroatoms. The van der Waals surface area contributed by atoms with Crippen molar-refractivity contribution < 1.29 is 31.9 Å². The van der Waals surface area contributed by atoms with Crippen LogP contribution in [-0.2, 0) is 10.9 Å². The standard InChI is InChI=1S/C21H32F4N6O3/c1-12-10-16(26-8-9-31(5)19(33)34-20(2,3)4)29-17(27-12)30-18(32)28-13-6-7-15(22)14(11-13)21(23,24)25/h6-7,11-12,16-17,26-27,29H,8-10H2,1-5H3,(H2,28,30,32). The van der Waals surface area contributed by atoms with Gasteiger partial charge in [-0.25, -0.2) is 14.0 Å². The Morgan fingerprint density at radius 3 is 2.50 bits per heavy atom. The number of nitrogens with one attached hydrogen (secondary N) is 5. The van der Waals surface area contributed by atoms with Crippen LogP contribution in [0.3, 0.4) is 0 Å². The lowest BCUT2D eigenvalue weighted by molar-refractivity contribution is -0.139. The zero-order valence-corrected chi connectivity index (χ0v) is 19.8. The van der Waals surface area contributed by atoms with Crippen molar-refractivity contribution in [3.05, 3.63) is 29.6 Å². The van der Waals surface area contributed by atoms with Crippen LogP contribution in [0.4, 0.5) is 32.8 Å². The van der Waals surface area contributed by atoms with Crippen LogP contribution < -0.4 is 26.6 Å². The van der Waals surface area contributed by atoms with Crippen LogP contribution in [0.15, 0.2) is 18.2 Å². The molecular weight excluding hydrogens is 460 g/mol. The largest absolute Gasteiger partial charge is 0.444 e. The number of urea groups is 1. The first-order chi connectivity index (χ1) is 15.6. The van der Waals surface area contributed by atoms with Crippen molar-refractivity contribution in [2.24, 2.45) is 0 Å². The molecule has 1 heterocycles. The summed E-state index contributed by atoms with van der Waals surface area (Å²) in [5, 5.41) is 14.3. The molecule has 1 aliphatic heterocycles. The van der Waals surface area contributed by atoms with Gasteiger partial charge in [-0.2, -0.15) is 13.2 Å². The highest BCUT2D eigenvalue weighted by Gasteiger charge is 2.34. The molecule has 0 saturated carbocycles. The third-order valence-corrected chi connectivity index (χ3v) is 4.76. The van der Waals surface area contributed by atoms with E-state index < -0.39 is 41.6 Å². The van der Waals surface area contributed by atoms with E-state index in [1.807, 2.05) is 6.92 Å². The van der Waals surface area contributed by atoms with E-state index >= 15 is 0 Å². The first kappa shape index (κ1) is 27.6. The second-order valence-electron chi connectivity index (χ2n) is 9.10. The van der Waals surface area contributed by atoms with Gasteiger partial charge < -0.3 is 20.3 Å². The average molecular weight is 493 g/mol. The Labute approximate surface area is 196 Å². The van der Waals surface area contributed by atoms with Crippen LogP contribution in [0.25, 0.3) is 0 Å². The smallest absolute Gasteiger partial charge is 0.419 e. The van der Waals surface area contributed by atoms with Gasteiger partial charge in [-0.05, 0) is 52.3 Å². The summed E-state index contributed by atoms with van der Waals surface area (Å²) in [6.07, 6.45) is -5.55. The monoisotopic (exact) mass is 492 g/mol. The fraction of sp³-hybridized carbons (Fsp3) is 0.619. The predicted molar refractivity (Wildman–Crippen MR) is 118 cm³/mol. The molecule has 1 saturated heterocycles. The lowest BCUT2D eigenvalue weighted by Gasteiger charge is -2.37. The van der Waals surface area contributed by atoms with Gasteiger partial charge in [-0.15, -0.1) is 0 Å². The van der Waals surface area contributed by atoms with E-state index in [1.165, 1.54) is 4.90 Å². The summed E-state index contributed by atoms with van der Waals surface area (Å²) in [5.74, 6) is -1.42. The highest BCUT2D eigenvalue weighted by molar-refractivity contribution is 5.89. The number of nitrogens with zero attached hydrogens (tertiary/aromatic N) is 1. The molecule has 1 aromatic carbocycles. The quantitative estimate of drug-likeness (QED) is 0.391. The van der Waals surface area contributed by atoms with Crippen LogP contribution in [-0.4, -0.2) is 61.3 Å². The molecule has 0 radical (unpaired) electrons. The number of amides is 3. The number of carbonyl (C=O) groups is 2. The van der Waals surface area contributed by atoms with E-state index in [4.69, 9.17) is 4.74 Å². The van der Waals surface area contributed by atoms with Gasteiger partial charge in [0, 0.05) is 31.9 Å². The van der Waals surface area contributed by atoms with Crippen molar-refractivity contribution in [2.75, 3.05) is 25.5 Å². The maximum atomic E-state index is 13.4. The second kappa shape index (κ2) is 11.2. The molecule has 0 aliphatic carbocycles. The SMILES string of the molecule is CC1CC(NCCN(C)C(=O)OC(C)(C)C)NC(NC(=O)Nc2ccc(F)c(C(F)(F)F)c2)N1. The Hall–Kier alpha value is -2.64. The van der Waals surface area contributed by atoms with Crippen LogP contribution in [0.1, 0.15) is 39.7 Å². The summed E-state index contributed by atoms with van der Waals surface area (Å²) < 4.78 is 57.3. The van der Waals surface area contributed by atoms with Crippen molar-refractivity contribution in [1.82, 2.24) is 26.2 Å². The van der Waals surface area contributed by atoms with Crippen LogP contribution in [0, 0.1) is 5.82 Å². The van der Waals surface area contributed by atoms with E-state index in [-0.39, 0.29) is 17.9 Å². The maximum absolute atomic E-state index is 13.4. The van der Waals surface area contributed by atoms with E-state index in [0.717, 1.165) is 6.07 Å². The molecule has 5 N–H and O–H groups in total. The minimum atomic E-state index is -4.88. The summed E-state index contributed by atoms with van der Waals surface area (Å²) in [6.45, 7) is 8.10. The van der Waals surface area contributed by atoms with Crippen molar-refractivity contribution in [3.8, 4) is 0 Å². The topological polar surface area (TPSA) is 107 Å². The number of anilines is 1. The van der Waals surface area contributed by atoms with Gasteiger partial charge in [-0.3, -0.25) is 16.0 Å². The number of carbonyl (C=O) groups excluding carboxylic acids is 2. The van der Waals surface area contributed by atoms with Gasteiger partial charge in [-0.1, -0.05) is 0 Å². The number of ether oxygens (including phenoxy) is 1. The van der Waals surface area contributed by atoms with Crippen molar-refractivity contribution >= 4 is 17.8 Å². The Balaban J connectivity index is 1.85. The Morgan fingerprint density at radius 2 is 1.88 bits per heavy atom. The van der Waals surface area contributed by atoms with Crippen molar-refractivity contribution in [3.63, 3.8) is 0 Å². The molecule has 1 aliphatic rings. The Kier molecular flexibility index (Phi) is 9.08. The third-order valence-electron chi connectivity index (χ3n) is 4.76. The third kappa shape index (κ3) is 8.95. The predicted octanol–water partition coefficient (Wildman–Crippen LogP) is 3.00. The Morgan fingerprint density at radius 1 is 1.21 bits per heavy atom. The summed E-state index contributed by atoms with van der Waals surface area (Å²) >= 11 is 0. The lowest BCUT2D eigenvalue weighted by Crippen LogP contribution is -2.68. The number of rotatable bonds is 6. The summed E-state index contributed by atoms with van der Waals surface area (Å²) in [4.78, 5) is 25.7. The molecule has 1 aromatic rings. The average Bonchev–Trinajstić information content (AvgIpc) is 2.66. The molecule has 0 aromatic heterocycles. The van der Waals surface area contributed by atoms with Gasteiger partial charge in [0.2, 0.25) is 0 Å². The maximum Gasteiger partial charge on any atom is 0.419 e. The molecule has 34 heavy (non-hydrogen) atoms. The molecule has 2 rings (SSSR count). The number of hydrogen-bond donors (Lipinski definition) is 5. The summed E-state index contributed by atoms with van der Waals surface area (Å²) in [7, 11) is 1.63. The van der Waals surface area contributed by atoms with Gasteiger partial charge in [0.25, 0.3) is 0 Å². The normalized spacial score (nSPS) is 21.0. The molecular formula is C21H32F4N6O3. The minimum absolute atomic E-state index is 0.00436. The molecule has 0 bridgehead atoms. The summed E-state index contributed by atoms with van der Waals surface area (Å²) in [5.41, 5.74) is -2.25. The van der Waals surface area contributed by atoms with Crippen molar-refractivity contribution in [1.29, 1.82) is 0 Å². The second-order valence-corrected chi connectivity index (χ2v) is 9.10. The minimum Gasteiger partial charge on any atom is -0.444 e. The first-order valence-electron chi connectivity index (χ1n) is 10.8. The number of halogens is 4. The van der Waals surface area contributed by atoms with Crippen LogP contribution in [0.2, 0.25) is 0 Å². The van der Waals surface area contributed by atoms with E-state index in [1.54, 1.807) is 27.8 Å². The summed E-state index contributed by atoms with van der Waals surface area (Å²) in [6, 6.07) is 1.44. The molecule has 1 fully saturated rings. The van der Waals surface area contributed by atoms with E-state index in [2.05, 4.69) is 26.6 Å². The van der Waals surface area contributed by atoms with Crippen LogP contribution in [0.5, 0.6) is 0 Å². The highest BCUT2D eigenvalue weighted by atomic mass is 19.4. The van der Waals surface area contributed by atoms with Crippen LogP contribution >= 0.6 is 0 Å². The molecule has 3 amide bonds. The van der Waals surface area contributed by atoms with Gasteiger partial charge in [0.1, 0.15) is 17.7 Å². The number of hydrogen-bond acceptors (Lipinski definition) is 6. The Bertz CT molecular complexity index is 862. The van der Waals surface area contributed by atoms with E-state index in [0.29, 0.717) is 31.6 Å². The fourth-order valence-corrected chi connectivity index (χ4v) is 3.21. The number of likely N-dealkylation sites (N-methyl/N-ethyl adjacent to an activating group) is 1. The molecule has 0 spiro atoms. The van der Waals surface area contributed by atoms with Gasteiger partial charge in [0.15, 0.2) is 0 Å². The zero-order chi connectivity index (χ0) is 25.7. The number of benzene rings is 1. The van der Waals surface area contributed by atoms with E-state index in [9.17, 15) is 27.2 Å². The molecule has 3 unspecified atom stereocenters. The molecule has 192 valence electrons. The lowest BCUT2D eigenvalue weighted by atomic mass is 10.1. The molecule has 9 nitrogen and oxygen atoms in total. The first-order valence-corrected chi connectivity index (χ1v) is 10.8. The fourth-order valence-electron chi connectivity index (χ4n) is 3.21. The highest BCUT2D eigenvalue weighted by Crippen LogP contribution is 2.32. The molecule has 3 atom stereocenters. The van der Waals surface area contributed by atoms with Crippen molar-refractivity contribution in [2.45, 2.75) is 64.4 Å². The van der Waals surface area contributed by atoms with Gasteiger partial charge in [0.05, 0.1) is 11.7 Å². The number of alkyl halides is 3. The van der Waals surface area contributed by atoms with Gasteiger partial charge >= 0.3 is 18.3 Å².